The number of benzene rings is 4. The Morgan fingerprint density at radius 2 is 1.47 bits per heavy atom. The van der Waals surface area contributed by atoms with Gasteiger partial charge in [0.2, 0.25) is 0 Å². The molecule has 2 heterocycles. The van der Waals surface area contributed by atoms with Gasteiger partial charge in [-0.05, 0) is 95.3 Å². The lowest BCUT2D eigenvalue weighted by molar-refractivity contribution is 0.0854. The molecule has 0 saturated heterocycles. The first-order valence-corrected chi connectivity index (χ1v) is 17.0. The van der Waals surface area contributed by atoms with Gasteiger partial charge >= 0.3 is 0 Å². The molecule has 2 unspecified atom stereocenters. The number of nitrogens with one attached hydrogen (secondary N) is 2. The molecule has 12 nitrogen and oxygen atoms in total. The number of anilines is 1. The van der Waals surface area contributed by atoms with E-state index in [1.807, 2.05) is 30.3 Å². The summed E-state index contributed by atoms with van der Waals surface area (Å²) in [4.78, 5) is 18.4. The van der Waals surface area contributed by atoms with Crippen molar-refractivity contribution in [3.05, 3.63) is 116 Å². The van der Waals surface area contributed by atoms with Crippen molar-refractivity contribution in [1.82, 2.24) is 5.32 Å². The van der Waals surface area contributed by atoms with Gasteiger partial charge in [-0.3, -0.25) is 4.79 Å². The van der Waals surface area contributed by atoms with E-state index in [9.17, 15) is 25.2 Å². The van der Waals surface area contributed by atoms with Crippen molar-refractivity contribution in [2.24, 2.45) is 5.16 Å². The minimum atomic E-state index is -0.474. The zero-order valence-corrected chi connectivity index (χ0v) is 28.8. The van der Waals surface area contributed by atoms with Crippen LogP contribution in [0.25, 0.3) is 0 Å². The molecule has 51 heavy (non-hydrogen) atoms. The minimum Gasteiger partial charge on any atom is -0.493 e. The van der Waals surface area contributed by atoms with Gasteiger partial charge in [0.1, 0.15) is 11.9 Å². The number of carbonyl (C=O) groups excluding carboxylic acids is 1. The van der Waals surface area contributed by atoms with Crippen molar-refractivity contribution in [2.45, 2.75) is 58.0 Å². The maximum atomic E-state index is 12.7. The van der Waals surface area contributed by atoms with Gasteiger partial charge in [-0.2, -0.15) is 0 Å². The first-order chi connectivity index (χ1) is 24.8. The lowest BCUT2D eigenvalue weighted by atomic mass is 9.94. The van der Waals surface area contributed by atoms with E-state index in [0.29, 0.717) is 99.5 Å². The zero-order valence-electron chi connectivity index (χ0n) is 28.0. The maximum Gasteiger partial charge on any atom is 0.255 e. The molecule has 0 aromatic heterocycles. The predicted molar refractivity (Wildman–Crippen MR) is 190 cm³/mol. The third kappa shape index (κ3) is 8.06. The van der Waals surface area contributed by atoms with Crippen molar-refractivity contribution in [2.75, 3.05) is 25.6 Å². The lowest BCUT2D eigenvalue weighted by Crippen LogP contribution is -2.38. The first-order valence-electron chi connectivity index (χ1n) is 16.6. The number of aliphatic hydroxyl groups is 4. The Bertz CT molecular complexity index is 1890. The number of nitrogens with zero attached hydrogens (tertiary/aromatic N) is 1. The molecule has 6 N–H and O–H groups in total. The van der Waals surface area contributed by atoms with Crippen LogP contribution < -0.4 is 24.8 Å². The number of rotatable bonds is 15. The Kier molecular flexibility index (Phi) is 11.6. The van der Waals surface area contributed by atoms with Gasteiger partial charge < -0.3 is 50.1 Å². The molecule has 2 atom stereocenters. The largest absolute Gasteiger partial charge is 0.493 e. The Labute approximate surface area is 300 Å². The Hall–Kier alpha value is -4.85. The molecular weight excluding hydrogens is 678 g/mol. The third-order valence-corrected chi connectivity index (χ3v) is 9.17. The highest BCUT2D eigenvalue weighted by atomic mass is 35.5. The van der Waals surface area contributed by atoms with Gasteiger partial charge in [0.15, 0.2) is 17.6 Å². The second kappa shape index (κ2) is 16.4. The molecule has 0 bridgehead atoms. The van der Waals surface area contributed by atoms with Crippen LogP contribution in [0.1, 0.15) is 80.8 Å². The molecule has 268 valence electrons. The molecule has 2 aliphatic rings. The maximum absolute atomic E-state index is 12.7. The van der Waals surface area contributed by atoms with Crippen LogP contribution in [0.15, 0.2) is 71.9 Å². The molecule has 0 spiro atoms. The van der Waals surface area contributed by atoms with Gasteiger partial charge in [0.05, 0.1) is 58.0 Å². The lowest BCUT2D eigenvalue weighted by Gasteiger charge is -2.28. The molecule has 6 rings (SSSR count). The van der Waals surface area contributed by atoms with E-state index in [1.54, 1.807) is 43.5 Å². The monoisotopic (exact) mass is 717 g/mol. The van der Waals surface area contributed by atoms with Gasteiger partial charge in [-0.1, -0.05) is 28.9 Å². The number of ether oxygens (including phenoxy) is 3. The number of fused-ring (bicyclic) bond motifs is 1. The van der Waals surface area contributed by atoms with Crippen molar-refractivity contribution < 1.29 is 44.3 Å². The highest BCUT2D eigenvalue weighted by Gasteiger charge is 2.27. The summed E-state index contributed by atoms with van der Waals surface area (Å²) in [5, 5.41) is 50.4. The van der Waals surface area contributed by atoms with E-state index in [1.165, 1.54) is 0 Å². The van der Waals surface area contributed by atoms with Gasteiger partial charge in [0, 0.05) is 28.3 Å². The van der Waals surface area contributed by atoms with Crippen LogP contribution in [0.2, 0.25) is 5.02 Å². The molecule has 0 radical (unpaired) electrons. The van der Waals surface area contributed by atoms with Crippen molar-refractivity contribution in [1.29, 1.82) is 0 Å². The normalized spacial score (nSPS) is 16.4. The SMILES string of the molecule is COc1ccc(C2CC(c3cc(CO)c(CO)c(CO)c3)=NO2)cc1OCCCCOc1ccc(C2NC(=O)c3cc(Cl)ccc3N2)cc1CO. The molecular formula is C38H40ClN3O9. The minimum absolute atomic E-state index is 0.226. The van der Waals surface area contributed by atoms with Crippen LogP contribution in [0.4, 0.5) is 5.69 Å². The summed E-state index contributed by atoms with van der Waals surface area (Å²) in [5.41, 5.74) is 6.34. The Balaban J connectivity index is 1.01. The third-order valence-electron chi connectivity index (χ3n) is 8.94. The first kappa shape index (κ1) is 36.0. The summed E-state index contributed by atoms with van der Waals surface area (Å²) in [6.07, 6.45) is 0.999. The van der Waals surface area contributed by atoms with Crippen LogP contribution in [-0.4, -0.2) is 52.4 Å². The van der Waals surface area contributed by atoms with Crippen molar-refractivity contribution in [3.63, 3.8) is 0 Å². The summed E-state index contributed by atoms with van der Waals surface area (Å²) < 4.78 is 17.6. The molecule has 13 heteroatoms. The molecule has 1 amide bonds. The molecule has 0 fully saturated rings. The average Bonchev–Trinajstić information content (AvgIpc) is 3.66. The number of carbonyl (C=O) groups is 1. The van der Waals surface area contributed by atoms with E-state index in [2.05, 4.69) is 15.8 Å². The smallest absolute Gasteiger partial charge is 0.255 e. The fourth-order valence-corrected chi connectivity index (χ4v) is 6.36. The predicted octanol–water partition coefficient (Wildman–Crippen LogP) is 5.28. The standard InChI is InChI=1S/C38H40ClN3O9/c1-48-34-9-4-22(35-17-32(42-51-35)24-13-25(18-43)30(21-46)26(14-24)19-44)15-36(34)50-11-3-2-10-49-33-8-5-23(12-27(33)20-45)37-40-31-7-6-28(39)16-29(31)38(47)41-37/h4-9,12-16,35,37,40,43-46H,2-3,10-11,17-21H2,1H3,(H,41,47). The fourth-order valence-electron chi connectivity index (χ4n) is 6.19. The van der Waals surface area contributed by atoms with Gasteiger partial charge in [-0.15, -0.1) is 0 Å². The van der Waals surface area contributed by atoms with Crippen LogP contribution in [-0.2, 0) is 31.3 Å². The average molecular weight is 718 g/mol. The van der Waals surface area contributed by atoms with Gasteiger partial charge in [-0.25, -0.2) is 0 Å². The van der Waals surface area contributed by atoms with Crippen molar-refractivity contribution in [3.8, 4) is 17.2 Å². The molecule has 4 aromatic carbocycles. The van der Waals surface area contributed by atoms with E-state index >= 15 is 0 Å². The summed E-state index contributed by atoms with van der Waals surface area (Å²) >= 11 is 6.05. The van der Waals surface area contributed by atoms with E-state index in [4.69, 9.17) is 30.6 Å². The topological polar surface area (TPSA) is 171 Å². The molecule has 0 saturated carbocycles. The number of halogens is 1. The van der Waals surface area contributed by atoms with Crippen LogP contribution >= 0.6 is 11.6 Å². The van der Waals surface area contributed by atoms with E-state index < -0.39 is 6.17 Å². The number of amides is 1. The van der Waals surface area contributed by atoms with E-state index in [0.717, 1.165) is 11.1 Å². The quantitative estimate of drug-likeness (QED) is 0.0890. The highest BCUT2D eigenvalue weighted by molar-refractivity contribution is 6.31. The van der Waals surface area contributed by atoms with Crippen LogP contribution in [0, 0.1) is 0 Å². The zero-order chi connectivity index (χ0) is 35.9. The fraction of sp³-hybridized carbons (Fsp3) is 0.316. The number of hydrogen-bond donors (Lipinski definition) is 6. The molecule has 4 aromatic rings. The molecule has 2 aliphatic heterocycles. The van der Waals surface area contributed by atoms with Gasteiger partial charge in [0.25, 0.3) is 5.91 Å². The number of methoxy groups -OCH3 is 1. The number of aliphatic hydroxyl groups excluding tert-OH is 4. The molecule has 0 aliphatic carbocycles. The summed E-state index contributed by atoms with van der Waals surface area (Å²) in [6.45, 7) is -0.242. The van der Waals surface area contributed by atoms with Crippen LogP contribution in [0.5, 0.6) is 17.2 Å². The number of oxime groups is 1. The van der Waals surface area contributed by atoms with Crippen molar-refractivity contribution >= 4 is 28.9 Å². The summed E-state index contributed by atoms with van der Waals surface area (Å²) in [5.74, 6) is 1.48. The Morgan fingerprint density at radius 1 is 0.784 bits per heavy atom. The summed E-state index contributed by atoms with van der Waals surface area (Å²) in [6, 6.07) is 19.7. The van der Waals surface area contributed by atoms with E-state index in [-0.39, 0.29) is 38.4 Å². The Morgan fingerprint density at radius 3 is 2.16 bits per heavy atom. The second-order valence-electron chi connectivity index (χ2n) is 12.2. The highest BCUT2D eigenvalue weighted by Crippen LogP contribution is 2.37. The number of hydrogen-bond acceptors (Lipinski definition) is 11. The summed E-state index contributed by atoms with van der Waals surface area (Å²) in [7, 11) is 1.58. The van der Waals surface area contributed by atoms with Crippen LogP contribution in [0.3, 0.4) is 0 Å². The number of unbranched alkanes of at least 4 members (excludes halogenated alkanes) is 1. The second-order valence-corrected chi connectivity index (χ2v) is 12.6.